The van der Waals surface area contributed by atoms with E-state index >= 15 is 0 Å². The van der Waals surface area contributed by atoms with Crippen LogP contribution in [0, 0.1) is 0 Å². The van der Waals surface area contributed by atoms with E-state index in [4.69, 9.17) is 10.6 Å². The van der Waals surface area contributed by atoms with Crippen molar-refractivity contribution in [1.29, 1.82) is 0 Å². The van der Waals surface area contributed by atoms with E-state index in [1.807, 2.05) is 31.7 Å². The SMILES string of the molecule is CC(C)(C)OC(=O)N1CCN(CCS(=O)(=O)N(Cc2ccc(C(=O)NN)cc2)c2ccccc2)CC1. The predicted molar refractivity (Wildman–Crippen MR) is 139 cm³/mol. The van der Waals surface area contributed by atoms with Crippen molar-refractivity contribution in [3.05, 3.63) is 65.7 Å². The summed E-state index contributed by atoms with van der Waals surface area (Å²) in [5.74, 6) is 4.70. The lowest BCUT2D eigenvalue weighted by atomic mass is 10.1. The summed E-state index contributed by atoms with van der Waals surface area (Å²) >= 11 is 0. The van der Waals surface area contributed by atoms with E-state index in [1.165, 1.54) is 4.31 Å². The Morgan fingerprint density at radius 1 is 1.00 bits per heavy atom. The predicted octanol–water partition coefficient (Wildman–Crippen LogP) is 2.18. The molecule has 1 saturated heterocycles. The second-order valence-electron chi connectivity index (χ2n) is 9.64. The molecule has 3 N–H and O–H groups in total. The van der Waals surface area contributed by atoms with Crippen LogP contribution < -0.4 is 15.6 Å². The van der Waals surface area contributed by atoms with Crippen molar-refractivity contribution in [3.8, 4) is 0 Å². The summed E-state index contributed by atoms with van der Waals surface area (Å²) in [7, 11) is -3.67. The van der Waals surface area contributed by atoms with Gasteiger partial charge in [0.2, 0.25) is 10.0 Å². The summed E-state index contributed by atoms with van der Waals surface area (Å²) in [5.41, 5.74) is 3.22. The van der Waals surface area contributed by atoms with E-state index in [0.29, 0.717) is 44.0 Å². The van der Waals surface area contributed by atoms with Gasteiger partial charge >= 0.3 is 6.09 Å². The molecule has 2 aromatic rings. The second kappa shape index (κ2) is 11.7. The number of hydrogen-bond donors (Lipinski definition) is 2. The van der Waals surface area contributed by atoms with Crippen molar-refractivity contribution >= 4 is 27.7 Å². The number of hydrazine groups is 1. The maximum absolute atomic E-state index is 13.5. The molecule has 10 nitrogen and oxygen atoms in total. The first-order chi connectivity index (χ1) is 17.0. The number of nitrogens with zero attached hydrogens (tertiary/aromatic N) is 3. The molecule has 0 radical (unpaired) electrons. The molecular formula is C25H35N5O5S. The minimum Gasteiger partial charge on any atom is -0.444 e. The first-order valence-corrected chi connectivity index (χ1v) is 13.4. The van der Waals surface area contributed by atoms with Gasteiger partial charge in [0, 0.05) is 38.3 Å². The zero-order valence-corrected chi connectivity index (χ0v) is 21.8. The maximum atomic E-state index is 13.5. The zero-order valence-electron chi connectivity index (χ0n) is 21.0. The molecule has 36 heavy (non-hydrogen) atoms. The van der Waals surface area contributed by atoms with Gasteiger partial charge in [-0.2, -0.15) is 0 Å². The highest BCUT2D eigenvalue weighted by molar-refractivity contribution is 7.92. The number of ether oxygens (including phenoxy) is 1. The Balaban J connectivity index is 1.65. The summed E-state index contributed by atoms with van der Waals surface area (Å²) < 4.78 is 33.7. The number of para-hydroxylation sites is 1. The highest BCUT2D eigenvalue weighted by Crippen LogP contribution is 2.22. The molecule has 11 heteroatoms. The van der Waals surface area contributed by atoms with Crippen molar-refractivity contribution in [2.75, 3.05) is 42.8 Å². The largest absolute Gasteiger partial charge is 0.444 e. The average molecular weight is 518 g/mol. The highest BCUT2D eigenvalue weighted by Gasteiger charge is 2.28. The minimum atomic E-state index is -3.67. The third-order valence-electron chi connectivity index (χ3n) is 5.74. The van der Waals surface area contributed by atoms with Crippen LogP contribution in [0.25, 0.3) is 0 Å². The van der Waals surface area contributed by atoms with Gasteiger partial charge in [-0.25, -0.2) is 19.1 Å². The fourth-order valence-electron chi connectivity index (χ4n) is 3.79. The zero-order chi connectivity index (χ0) is 26.3. The van der Waals surface area contributed by atoms with Crippen LogP contribution in [0.3, 0.4) is 0 Å². The number of nitrogens with one attached hydrogen (secondary N) is 1. The van der Waals surface area contributed by atoms with Crippen LogP contribution >= 0.6 is 0 Å². The Labute approximate surface area is 213 Å². The summed E-state index contributed by atoms with van der Waals surface area (Å²) in [6.07, 6.45) is -0.347. The maximum Gasteiger partial charge on any atom is 0.410 e. The van der Waals surface area contributed by atoms with E-state index in [2.05, 4.69) is 5.43 Å². The molecule has 0 spiro atoms. The van der Waals surface area contributed by atoms with Gasteiger partial charge in [-0.3, -0.25) is 19.4 Å². The van der Waals surface area contributed by atoms with E-state index in [-0.39, 0.29) is 18.4 Å². The van der Waals surface area contributed by atoms with E-state index in [1.54, 1.807) is 53.4 Å². The van der Waals surface area contributed by atoms with Crippen LogP contribution in [0.5, 0.6) is 0 Å². The summed E-state index contributed by atoms with van der Waals surface area (Å²) in [6.45, 7) is 8.09. The fourth-order valence-corrected chi connectivity index (χ4v) is 5.29. The average Bonchev–Trinajstić information content (AvgIpc) is 2.85. The molecule has 0 atom stereocenters. The van der Waals surface area contributed by atoms with Crippen LogP contribution in [0.4, 0.5) is 10.5 Å². The molecular weight excluding hydrogens is 482 g/mol. The standard InChI is InChI=1S/C25H35N5O5S/c1-25(2,3)35-24(32)29-15-13-28(14-16-29)17-18-36(33,34)30(22-7-5-4-6-8-22)19-20-9-11-21(12-10-20)23(31)27-26/h4-12H,13-19,26H2,1-3H3,(H,27,31). The van der Waals surface area contributed by atoms with Crippen molar-refractivity contribution in [2.45, 2.75) is 32.9 Å². The molecule has 1 aliphatic rings. The number of nitrogen functional groups attached to an aromatic ring is 1. The van der Waals surface area contributed by atoms with Crippen molar-refractivity contribution < 1.29 is 22.7 Å². The van der Waals surface area contributed by atoms with E-state index in [9.17, 15) is 18.0 Å². The van der Waals surface area contributed by atoms with Gasteiger partial charge in [0.05, 0.1) is 18.0 Å². The molecule has 0 aromatic heterocycles. The molecule has 196 valence electrons. The molecule has 0 unspecified atom stereocenters. The topological polar surface area (TPSA) is 125 Å². The van der Waals surface area contributed by atoms with Crippen LogP contribution in [-0.4, -0.2) is 74.3 Å². The first kappa shape index (κ1) is 27.4. The molecule has 0 aliphatic carbocycles. The van der Waals surface area contributed by atoms with E-state index < -0.39 is 21.5 Å². The number of sulfonamides is 1. The number of hydrogen-bond acceptors (Lipinski definition) is 7. The molecule has 1 aliphatic heterocycles. The van der Waals surface area contributed by atoms with E-state index in [0.717, 1.165) is 5.56 Å². The van der Waals surface area contributed by atoms with Crippen molar-refractivity contribution in [1.82, 2.24) is 15.2 Å². The van der Waals surface area contributed by atoms with Crippen molar-refractivity contribution in [3.63, 3.8) is 0 Å². The lowest BCUT2D eigenvalue weighted by molar-refractivity contribution is 0.0149. The normalized spacial score (nSPS) is 14.8. The van der Waals surface area contributed by atoms with Crippen LogP contribution in [0.15, 0.2) is 54.6 Å². The number of carbonyl (C=O) groups is 2. The number of rotatable bonds is 8. The van der Waals surface area contributed by atoms with Gasteiger partial charge in [-0.15, -0.1) is 0 Å². The molecule has 1 heterocycles. The number of carbonyl (C=O) groups excluding carboxylic acids is 2. The quantitative estimate of drug-likeness (QED) is 0.312. The van der Waals surface area contributed by atoms with Gasteiger partial charge in [0.1, 0.15) is 5.60 Å². The van der Waals surface area contributed by atoms with Crippen LogP contribution in [0.1, 0.15) is 36.7 Å². The van der Waals surface area contributed by atoms with Crippen LogP contribution in [0.2, 0.25) is 0 Å². The van der Waals surface area contributed by atoms with Gasteiger partial charge in [0.15, 0.2) is 0 Å². The molecule has 1 fully saturated rings. The third kappa shape index (κ3) is 7.67. The Morgan fingerprint density at radius 2 is 1.61 bits per heavy atom. The third-order valence-corrected chi connectivity index (χ3v) is 7.45. The van der Waals surface area contributed by atoms with Gasteiger partial charge in [0.25, 0.3) is 5.91 Å². The molecule has 2 amide bonds. The van der Waals surface area contributed by atoms with Gasteiger partial charge in [-0.1, -0.05) is 30.3 Å². The summed E-state index contributed by atoms with van der Waals surface area (Å²) in [5, 5.41) is 0. The Bertz CT molecular complexity index is 1130. The highest BCUT2D eigenvalue weighted by atomic mass is 32.2. The fraction of sp³-hybridized carbons (Fsp3) is 0.440. The van der Waals surface area contributed by atoms with Crippen molar-refractivity contribution in [2.24, 2.45) is 5.84 Å². The molecule has 2 aromatic carbocycles. The Kier molecular flexibility index (Phi) is 8.93. The first-order valence-electron chi connectivity index (χ1n) is 11.8. The van der Waals surface area contributed by atoms with Gasteiger partial charge in [-0.05, 0) is 50.6 Å². The lowest BCUT2D eigenvalue weighted by Gasteiger charge is -2.36. The summed E-state index contributed by atoms with van der Waals surface area (Å²) in [4.78, 5) is 27.7. The molecule has 3 rings (SSSR count). The van der Waals surface area contributed by atoms with Crippen LogP contribution in [-0.2, 0) is 21.3 Å². The number of piperazine rings is 1. The van der Waals surface area contributed by atoms with Gasteiger partial charge < -0.3 is 9.64 Å². The minimum absolute atomic E-state index is 0.0675. The second-order valence-corrected chi connectivity index (χ2v) is 11.7. The lowest BCUT2D eigenvalue weighted by Crippen LogP contribution is -2.51. The molecule has 0 saturated carbocycles. The smallest absolute Gasteiger partial charge is 0.410 e. The number of benzene rings is 2. The number of anilines is 1. The molecule has 0 bridgehead atoms. The Hall–Kier alpha value is -3.15. The Morgan fingerprint density at radius 3 is 2.17 bits per heavy atom. The number of nitrogens with two attached hydrogens (primary N) is 1. The monoisotopic (exact) mass is 517 g/mol. The summed E-state index contributed by atoms with van der Waals surface area (Å²) in [6, 6.07) is 15.6. The number of amides is 2.